The number of pyridine rings is 1. The standard InChI is InChI=1S/C19H23N3O2/c20-19(11-5-2-6-12-19)18(23)22-14-15-9-10-17(21-13-15)24-16-7-3-1-4-8-16/h1,3-4,7-10,13H,2,5-6,11-12,14,20H2,(H,22,23). The molecule has 3 rings (SSSR count). The molecule has 1 fully saturated rings. The molecule has 1 aliphatic carbocycles. The normalized spacial score (nSPS) is 16.4. The van der Waals surface area contributed by atoms with Crippen LogP contribution in [-0.2, 0) is 11.3 Å². The zero-order valence-corrected chi connectivity index (χ0v) is 13.7. The molecule has 0 unspecified atom stereocenters. The van der Waals surface area contributed by atoms with Crippen LogP contribution >= 0.6 is 0 Å². The van der Waals surface area contributed by atoms with Crippen molar-refractivity contribution in [2.75, 3.05) is 0 Å². The Morgan fingerprint density at radius 1 is 1.12 bits per heavy atom. The third-order valence-electron chi connectivity index (χ3n) is 4.41. The molecule has 0 spiro atoms. The van der Waals surface area contributed by atoms with Gasteiger partial charge in [-0.25, -0.2) is 4.98 Å². The zero-order chi connectivity index (χ0) is 16.8. The van der Waals surface area contributed by atoms with E-state index in [9.17, 15) is 4.79 Å². The number of carbonyl (C=O) groups is 1. The highest BCUT2D eigenvalue weighted by Gasteiger charge is 2.34. The Morgan fingerprint density at radius 2 is 1.88 bits per heavy atom. The van der Waals surface area contributed by atoms with Crippen LogP contribution < -0.4 is 15.8 Å². The number of nitrogens with one attached hydrogen (secondary N) is 1. The van der Waals surface area contributed by atoms with E-state index in [4.69, 9.17) is 10.5 Å². The lowest BCUT2D eigenvalue weighted by Crippen LogP contribution is -2.54. The van der Waals surface area contributed by atoms with Crippen molar-refractivity contribution in [3.63, 3.8) is 0 Å². The van der Waals surface area contributed by atoms with Crippen molar-refractivity contribution in [1.29, 1.82) is 0 Å². The number of nitrogens with two attached hydrogens (primary N) is 1. The maximum atomic E-state index is 12.3. The van der Waals surface area contributed by atoms with Gasteiger partial charge in [-0.2, -0.15) is 0 Å². The van der Waals surface area contributed by atoms with E-state index < -0.39 is 5.54 Å². The molecule has 3 N–H and O–H groups in total. The predicted octanol–water partition coefficient (Wildman–Crippen LogP) is 3.15. The van der Waals surface area contributed by atoms with Gasteiger partial charge in [0.15, 0.2) is 0 Å². The largest absolute Gasteiger partial charge is 0.439 e. The summed E-state index contributed by atoms with van der Waals surface area (Å²) in [6, 6.07) is 13.2. The summed E-state index contributed by atoms with van der Waals surface area (Å²) in [5.74, 6) is 1.21. The Kier molecular flexibility index (Phi) is 5.11. The van der Waals surface area contributed by atoms with Crippen LogP contribution in [0.5, 0.6) is 11.6 Å². The van der Waals surface area contributed by atoms with Gasteiger partial charge in [0.2, 0.25) is 11.8 Å². The number of rotatable bonds is 5. The van der Waals surface area contributed by atoms with Crippen LogP contribution in [0.1, 0.15) is 37.7 Å². The average molecular weight is 325 g/mol. The van der Waals surface area contributed by atoms with Gasteiger partial charge in [-0.05, 0) is 30.5 Å². The summed E-state index contributed by atoms with van der Waals surface area (Å²) in [4.78, 5) is 16.6. The second-order valence-corrected chi connectivity index (χ2v) is 6.32. The molecule has 0 saturated heterocycles. The van der Waals surface area contributed by atoms with Crippen LogP contribution in [-0.4, -0.2) is 16.4 Å². The zero-order valence-electron chi connectivity index (χ0n) is 13.7. The molecule has 5 nitrogen and oxygen atoms in total. The minimum atomic E-state index is -0.706. The summed E-state index contributed by atoms with van der Waals surface area (Å²) in [5.41, 5.74) is 6.44. The van der Waals surface area contributed by atoms with Gasteiger partial charge >= 0.3 is 0 Å². The van der Waals surface area contributed by atoms with E-state index >= 15 is 0 Å². The molecular weight excluding hydrogens is 302 g/mol. The molecule has 0 bridgehead atoms. The molecule has 0 aliphatic heterocycles. The number of hydrogen-bond donors (Lipinski definition) is 2. The Morgan fingerprint density at radius 3 is 2.54 bits per heavy atom. The van der Waals surface area contributed by atoms with Crippen molar-refractivity contribution in [2.45, 2.75) is 44.2 Å². The summed E-state index contributed by atoms with van der Waals surface area (Å²) in [7, 11) is 0. The van der Waals surface area contributed by atoms with Gasteiger partial charge < -0.3 is 15.8 Å². The van der Waals surface area contributed by atoms with Gasteiger partial charge in [-0.15, -0.1) is 0 Å². The van der Waals surface area contributed by atoms with Gasteiger partial charge in [0.25, 0.3) is 0 Å². The van der Waals surface area contributed by atoms with Gasteiger partial charge in [0.1, 0.15) is 5.75 Å². The molecule has 1 aromatic carbocycles. The lowest BCUT2D eigenvalue weighted by Gasteiger charge is -2.31. The van der Waals surface area contributed by atoms with Gasteiger partial charge in [0.05, 0.1) is 5.54 Å². The van der Waals surface area contributed by atoms with Crippen LogP contribution in [0, 0.1) is 0 Å². The third-order valence-corrected chi connectivity index (χ3v) is 4.41. The first-order chi connectivity index (χ1) is 11.7. The first kappa shape index (κ1) is 16.5. The highest BCUT2D eigenvalue weighted by molar-refractivity contribution is 5.86. The maximum absolute atomic E-state index is 12.3. The second kappa shape index (κ2) is 7.45. The Labute approximate surface area is 142 Å². The smallest absolute Gasteiger partial charge is 0.240 e. The number of aromatic nitrogens is 1. The lowest BCUT2D eigenvalue weighted by atomic mass is 9.82. The fraction of sp³-hybridized carbons (Fsp3) is 0.368. The minimum absolute atomic E-state index is 0.0631. The van der Waals surface area contributed by atoms with Crippen LogP contribution in [0.2, 0.25) is 0 Å². The molecule has 1 heterocycles. The van der Waals surface area contributed by atoms with E-state index in [1.165, 1.54) is 6.42 Å². The quantitative estimate of drug-likeness (QED) is 0.885. The third kappa shape index (κ3) is 4.11. The molecule has 126 valence electrons. The topological polar surface area (TPSA) is 77.2 Å². The summed E-state index contributed by atoms with van der Waals surface area (Å²) in [5, 5.41) is 2.93. The van der Waals surface area contributed by atoms with E-state index in [0.717, 1.165) is 37.0 Å². The van der Waals surface area contributed by atoms with Crippen LogP contribution in [0.4, 0.5) is 0 Å². The van der Waals surface area contributed by atoms with Crippen molar-refractivity contribution < 1.29 is 9.53 Å². The summed E-state index contributed by atoms with van der Waals surface area (Å²) in [6.45, 7) is 0.427. The molecule has 5 heteroatoms. The number of carbonyl (C=O) groups excluding carboxylic acids is 1. The predicted molar refractivity (Wildman–Crippen MR) is 92.6 cm³/mol. The van der Waals surface area contributed by atoms with Crippen molar-refractivity contribution >= 4 is 5.91 Å². The molecule has 1 saturated carbocycles. The highest BCUT2D eigenvalue weighted by Crippen LogP contribution is 2.26. The van der Waals surface area contributed by atoms with Crippen molar-refractivity contribution in [1.82, 2.24) is 10.3 Å². The maximum Gasteiger partial charge on any atom is 0.240 e. The molecule has 24 heavy (non-hydrogen) atoms. The Balaban J connectivity index is 1.53. The molecule has 0 atom stereocenters. The second-order valence-electron chi connectivity index (χ2n) is 6.32. The van der Waals surface area contributed by atoms with E-state index in [1.807, 2.05) is 36.4 Å². The molecule has 1 amide bonds. The van der Waals surface area contributed by atoms with Crippen molar-refractivity contribution in [2.24, 2.45) is 5.73 Å². The Bertz CT molecular complexity index is 665. The fourth-order valence-electron chi connectivity index (χ4n) is 2.95. The van der Waals surface area contributed by atoms with E-state index in [1.54, 1.807) is 12.3 Å². The van der Waals surface area contributed by atoms with Gasteiger partial charge in [0, 0.05) is 18.8 Å². The Hall–Kier alpha value is -2.40. The highest BCUT2D eigenvalue weighted by atomic mass is 16.5. The van der Waals surface area contributed by atoms with E-state index in [2.05, 4.69) is 10.3 Å². The van der Waals surface area contributed by atoms with Crippen molar-refractivity contribution in [3.05, 3.63) is 54.2 Å². The first-order valence-corrected chi connectivity index (χ1v) is 8.41. The van der Waals surface area contributed by atoms with Gasteiger partial charge in [-0.3, -0.25) is 4.79 Å². The first-order valence-electron chi connectivity index (χ1n) is 8.41. The number of amides is 1. The molecule has 2 aromatic rings. The van der Waals surface area contributed by atoms with Crippen LogP contribution in [0.3, 0.4) is 0 Å². The summed E-state index contributed by atoms with van der Waals surface area (Å²) < 4.78 is 5.65. The fourth-order valence-corrected chi connectivity index (χ4v) is 2.95. The summed E-state index contributed by atoms with van der Waals surface area (Å²) in [6.07, 6.45) is 6.46. The number of para-hydroxylation sites is 1. The van der Waals surface area contributed by atoms with Gasteiger partial charge in [-0.1, -0.05) is 43.5 Å². The minimum Gasteiger partial charge on any atom is -0.439 e. The number of ether oxygens (including phenoxy) is 1. The number of benzene rings is 1. The number of hydrogen-bond acceptors (Lipinski definition) is 4. The molecule has 0 radical (unpaired) electrons. The van der Waals surface area contributed by atoms with Crippen molar-refractivity contribution in [3.8, 4) is 11.6 Å². The molecule has 1 aromatic heterocycles. The summed E-state index contributed by atoms with van der Waals surface area (Å²) >= 11 is 0. The molecular formula is C19H23N3O2. The van der Waals surface area contributed by atoms with Crippen LogP contribution in [0.25, 0.3) is 0 Å². The molecule has 1 aliphatic rings. The van der Waals surface area contributed by atoms with E-state index in [0.29, 0.717) is 12.4 Å². The average Bonchev–Trinajstić information content (AvgIpc) is 2.62. The SMILES string of the molecule is NC1(C(=O)NCc2ccc(Oc3ccccc3)nc2)CCCCC1. The van der Waals surface area contributed by atoms with Crippen LogP contribution in [0.15, 0.2) is 48.7 Å². The monoisotopic (exact) mass is 325 g/mol. The number of nitrogens with zero attached hydrogens (tertiary/aromatic N) is 1. The van der Waals surface area contributed by atoms with E-state index in [-0.39, 0.29) is 5.91 Å². The lowest BCUT2D eigenvalue weighted by molar-refractivity contribution is -0.127.